The van der Waals surface area contributed by atoms with Gasteiger partial charge < -0.3 is 14.1 Å². The minimum atomic E-state index is -0.357. The Labute approximate surface area is 145 Å². The summed E-state index contributed by atoms with van der Waals surface area (Å²) < 4.78 is 10.6. The first kappa shape index (κ1) is 17.1. The molecule has 1 fully saturated rings. The molecule has 0 radical (unpaired) electrons. The Kier molecular flexibility index (Phi) is 5.37. The largest absolute Gasteiger partial charge is 0.466 e. The molecule has 0 aromatic carbocycles. The van der Waals surface area contributed by atoms with Crippen molar-refractivity contribution in [3.63, 3.8) is 0 Å². The van der Waals surface area contributed by atoms with Gasteiger partial charge in [-0.2, -0.15) is 0 Å². The summed E-state index contributed by atoms with van der Waals surface area (Å²) in [6, 6.07) is 3.33. The van der Waals surface area contributed by atoms with E-state index in [1.54, 1.807) is 36.4 Å². The van der Waals surface area contributed by atoms with Crippen LogP contribution in [0.15, 0.2) is 28.9 Å². The average molecular weight is 344 g/mol. The highest BCUT2D eigenvalue weighted by Crippen LogP contribution is 2.33. The quantitative estimate of drug-likeness (QED) is 0.740. The van der Waals surface area contributed by atoms with Crippen LogP contribution >= 0.6 is 0 Å². The molecule has 2 aromatic heterocycles. The molecule has 3 rings (SSSR count). The number of nitrogens with zero attached hydrogens (tertiary/aromatic N) is 4. The fourth-order valence-corrected chi connectivity index (χ4v) is 2.89. The Morgan fingerprint density at radius 1 is 1.28 bits per heavy atom. The van der Waals surface area contributed by atoms with Gasteiger partial charge >= 0.3 is 5.97 Å². The summed E-state index contributed by atoms with van der Waals surface area (Å²) in [7, 11) is 0. The molecule has 25 heavy (non-hydrogen) atoms. The fraction of sp³-hybridized carbons (Fsp3) is 0.471. The SMILES string of the molecule is CCOC(=O)CCC(=O)N1CCCC1c1nnc(-c2ccncc2)o1. The maximum atomic E-state index is 12.4. The number of ether oxygens (including phenoxy) is 1. The van der Waals surface area contributed by atoms with Gasteiger partial charge in [-0.3, -0.25) is 14.6 Å². The Morgan fingerprint density at radius 2 is 2.08 bits per heavy atom. The summed E-state index contributed by atoms with van der Waals surface area (Å²) >= 11 is 0. The van der Waals surface area contributed by atoms with Crippen LogP contribution in [0.25, 0.3) is 11.5 Å². The lowest BCUT2D eigenvalue weighted by molar-refractivity contribution is -0.146. The molecule has 8 heteroatoms. The van der Waals surface area contributed by atoms with Crippen molar-refractivity contribution in [1.29, 1.82) is 0 Å². The Bertz CT molecular complexity index is 731. The molecule has 0 bridgehead atoms. The van der Waals surface area contributed by atoms with Crippen molar-refractivity contribution in [3.05, 3.63) is 30.4 Å². The number of hydrogen-bond donors (Lipinski definition) is 0. The van der Waals surface area contributed by atoms with Crippen LogP contribution < -0.4 is 0 Å². The number of esters is 1. The van der Waals surface area contributed by atoms with Crippen LogP contribution in [0.2, 0.25) is 0 Å². The van der Waals surface area contributed by atoms with Gasteiger partial charge in [-0.1, -0.05) is 0 Å². The van der Waals surface area contributed by atoms with Crippen LogP contribution in [-0.4, -0.2) is 45.1 Å². The maximum Gasteiger partial charge on any atom is 0.306 e. The van der Waals surface area contributed by atoms with Crippen molar-refractivity contribution >= 4 is 11.9 Å². The molecule has 0 aliphatic carbocycles. The molecule has 0 saturated carbocycles. The van der Waals surface area contributed by atoms with Gasteiger partial charge in [-0.05, 0) is 31.9 Å². The summed E-state index contributed by atoms with van der Waals surface area (Å²) in [5, 5.41) is 8.18. The predicted octanol–water partition coefficient (Wildman–Crippen LogP) is 2.14. The Morgan fingerprint density at radius 3 is 2.84 bits per heavy atom. The fourth-order valence-electron chi connectivity index (χ4n) is 2.89. The van der Waals surface area contributed by atoms with E-state index in [0.29, 0.717) is 24.9 Å². The van der Waals surface area contributed by atoms with Gasteiger partial charge in [0, 0.05) is 30.9 Å². The lowest BCUT2D eigenvalue weighted by Crippen LogP contribution is -2.31. The van der Waals surface area contributed by atoms with Crippen LogP contribution in [0.5, 0.6) is 0 Å². The van der Waals surface area contributed by atoms with E-state index in [-0.39, 0.29) is 30.8 Å². The van der Waals surface area contributed by atoms with Crippen molar-refractivity contribution < 1.29 is 18.7 Å². The maximum absolute atomic E-state index is 12.4. The van der Waals surface area contributed by atoms with Gasteiger partial charge in [0.2, 0.25) is 17.7 Å². The summed E-state index contributed by atoms with van der Waals surface area (Å²) in [6.07, 6.45) is 5.15. The van der Waals surface area contributed by atoms with Gasteiger partial charge in [0.25, 0.3) is 0 Å². The number of amides is 1. The number of rotatable bonds is 6. The second kappa shape index (κ2) is 7.87. The van der Waals surface area contributed by atoms with E-state index in [4.69, 9.17) is 9.15 Å². The van der Waals surface area contributed by atoms with Crippen molar-refractivity contribution in [1.82, 2.24) is 20.1 Å². The first-order valence-electron chi connectivity index (χ1n) is 8.38. The number of pyridine rings is 1. The molecule has 1 amide bonds. The van der Waals surface area contributed by atoms with E-state index in [9.17, 15) is 9.59 Å². The Balaban J connectivity index is 1.66. The molecular weight excluding hydrogens is 324 g/mol. The number of aromatic nitrogens is 3. The van der Waals surface area contributed by atoms with Crippen molar-refractivity contribution in [2.75, 3.05) is 13.2 Å². The smallest absolute Gasteiger partial charge is 0.306 e. The van der Waals surface area contributed by atoms with Gasteiger partial charge in [0.15, 0.2) is 0 Å². The molecule has 1 atom stereocenters. The summed E-state index contributed by atoms with van der Waals surface area (Å²) in [5.41, 5.74) is 0.784. The van der Waals surface area contributed by atoms with Crippen LogP contribution in [0.1, 0.15) is 44.5 Å². The van der Waals surface area contributed by atoms with E-state index < -0.39 is 0 Å². The minimum Gasteiger partial charge on any atom is -0.466 e. The molecule has 1 unspecified atom stereocenters. The third-order valence-corrected chi connectivity index (χ3v) is 4.07. The highest BCUT2D eigenvalue weighted by atomic mass is 16.5. The predicted molar refractivity (Wildman–Crippen MR) is 87.1 cm³/mol. The third-order valence-electron chi connectivity index (χ3n) is 4.07. The third kappa shape index (κ3) is 4.01. The molecule has 0 N–H and O–H groups in total. The van der Waals surface area contributed by atoms with Gasteiger partial charge in [-0.25, -0.2) is 0 Å². The highest BCUT2D eigenvalue weighted by Gasteiger charge is 2.33. The number of carbonyl (C=O) groups excluding carboxylic acids is 2. The zero-order valence-electron chi connectivity index (χ0n) is 14.1. The monoisotopic (exact) mass is 344 g/mol. The van der Waals surface area contributed by atoms with Gasteiger partial charge in [-0.15, -0.1) is 10.2 Å². The van der Waals surface area contributed by atoms with E-state index in [0.717, 1.165) is 18.4 Å². The van der Waals surface area contributed by atoms with Crippen LogP contribution in [0.3, 0.4) is 0 Å². The summed E-state index contributed by atoms with van der Waals surface area (Å²) in [5.74, 6) is 0.376. The van der Waals surface area contributed by atoms with Crippen LogP contribution in [0.4, 0.5) is 0 Å². The minimum absolute atomic E-state index is 0.0853. The molecule has 1 saturated heterocycles. The van der Waals surface area contributed by atoms with Crippen LogP contribution in [-0.2, 0) is 14.3 Å². The van der Waals surface area contributed by atoms with Crippen molar-refractivity contribution in [3.8, 4) is 11.5 Å². The summed E-state index contributed by atoms with van der Waals surface area (Å²) in [4.78, 5) is 29.5. The topological polar surface area (TPSA) is 98.4 Å². The van der Waals surface area contributed by atoms with Gasteiger partial charge in [0.05, 0.1) is 13.0 Å². The molecule has 0 spiro atoms. The first-order valence-corrected chi connectivity index (χ1v) is 8.38. The number of carbonyl (C=O) groups is 2. The zero-order valence-corrected chi connectivity index (χ0v) is 14.1. The normalized spacial score (nSPS) is 16.8. The van der Waals surface area contributed by atoms with Crippen molar-refractivity contribution in [2.24, 2.45) is 0 Å². The molecule has 3 heterocycles. The van der Waals surface area contributed by atoms with Gasteiger partial charge in [0.1, 0.15) is 6.04 Å². The summed E-state index contributed by atoms with van der Waals surface area (Å²) in [6.45, 7) is 2.69. The van der Waals surface area contributed by atoms with E-state index >= 15 is 0 Å². The molecule has 2 aromatic rings. The second-order valence-electron chi connectivity index (χ2n) is 5.73. The lowest BCUT2D eigenvalue weighted by Gasteiger charge is -2.21. The standard InChI is InChI=1S/C17H20N4O4/c1-2-24-15(23)6-5-14(22)21-11-3-4-13(21)17-20-19-16(25-17)12-7-9-18-10-8-12/h7-10,13H,2-6,11H2,1H3. The molecular formula is C17H20N4O4. The zero-order chi connectivity index (χ0) is 17.6. The van der Waals surface area contributed by atoms with E-state index in [1.165, 1.54) is 0 Å². The highest BCUT2D eigenvalue weighted by molar-refractivity contribution is 5.81. The molecule has 1 aliphatic heterocycles. The Hall–Kier alpha value is -2.77. The molecule has 8 nitrogen and oxygen atoms in total. The number of hydrogen-bond acceptors (Lipinski definition) is 7. The average Bonchev–Trinajstić information content (AvgIpc) is 3.29. The second-order valence-corrected chi connectivity index (χ2v) is 5.73. The first-order chi connectivity index (χ1) is 12.2. The van der Waals surface area contributed by atoms with E-state index in [1.807, 2.05) is 0 Å². The molecule has 132 valence electrons. The number of likely N-dealkylation sites (tertiary alicyclic amines) is 1. The lowest BCUT2D eigenvalue weighted by atomic mass is 10.2. The van der Waals surface area contributed by atoms with Crippen molar-refractivity contribution in [2.45, 2.75) is 38.6 Å². The molecule has 1 aliphatic rings. The van der Waals surface area contributed by atoms with Crippen LogP contribution in [0, 0.1) is 0 Å². The van der Waals surface area contributed by atoms with E-state index in [2.05, 4.69) is 15.2 Å².